The van der Waals surface area contributed by atoms with E-state index in [2.05, 4.69) is 9.97 Å². The van der Waals surface area contributed by atoms with Crippen molar-refractivity contribution in [3.05, 3.63) is 86.8 Å². The molecule has 5 rings (SSSR count). The lowest BCUT2D eigenvalue weighted by Crippen LogP contribution is -2.32. The molecule has 1 aliphatic rings. The van der Waals surface area contributed by atoms with Gasteiger partial charge >= 0.3 is 6.01 Å². The molecule has 1 aliphatic heterocycles. The number of hydrogen-bond donors (Lipinski definition) is 0. The molecule has 0 saturated carbocycles. The number of methoxy groups -OCH3 is 1. The van der Waals surface area contributed by atoms with Gasteiger partial charge in [0.05, 0.1) is 24.1 Å². The van der Waals surface area contributed by atoms with Gasteiger partial charge in [0.25, 0.3) is 11.5 Å². The largest absolute Gasteiger partial charge is 0.467 e. The van der Waals surface area contributed by atoms with Gasteiger partial charge in [0.2, 0.25) is 0 Å². The van der Waals surface area contributed by atoms with Crippen LogP contribution in [0.3, 0.4) is 0 Å². The number of amides is 1. The van der Waals surface area contributed by atoms with Crippen molar-refractivity contribution in [2.24, 2.45) is 7.05 Å². The van der Waals surface area contributed by atoms with Crippen molar-refractivity contribution >= 4 is 23.2 Å². The SMILES string of the molecule is COc1ncc(-c2nc3c(n2C(C)C)C(c2cccc(Cl)c2)N(c2cc(C)c(=O)n(C)c2)C3=O)cn1. The highest BCUT2D eigenvalue weighted by molar-refractivity contribution is 6.30. The van der Waals surface area contributed by atoms with Gasteiger partial charge in [0, 0.05) is 42.3 Å². The zero-order valence-electron chi connectivity index (χ0n) is 20.6. The number of imidazole rings is 1. The van der Waals surface area contributed by atoms with Crippen molar-refractivity contribution in [2.45, 2.75) is 32.9 Å². The molecule has 10 heteroatoms. The van der Waals surface area contributed by atoms with E-state index in [1.807, 2.05) is 36.6 Å². The third-order valence-electron chi connectivity index (χ3n) is 6.26. The molecule has 1 amide bonds. The summed E-state index contributed by atoms with van der Waals surface area (Å²) in [6.45, 7) is 5.81. The summed E-state index contributed by atoms with van der Waals surface area (Å²) in [5.74, 6) is 0.331. The van der Waals surface area contributed by atoms with Gasteiger partial charge in [0.1, 0.15) is 11.9 Å². The van der Waals surface area contributed by atoms with Gasteiger partial charge in [-0.05, 0) is 44.5 Å². The molecule has 4 heterocycles. The van der Waals surface area contributed by atoms with E-state index in [0.717, 1.165) is 11.3 Å². The molecular weight excluding hydrogens is 480 g/mol. The Morgan fingerprint density at radius 2 is 1.83 bits per heavy atom. The average molecular weight is 505 g/mol. The van der Waals surface area contributed by atoms with Gasteiger partial charge in [-0.2, -0.15) is 0 Å². The number of pyridine rings is 1. The molecule has 0 aliphatic carbocycles. The average Bonchev–Trinajstić information content (AvgIpc) is 3.37. The molecule has 0 radical (unpaired) electrons. The Morgan fingerprint density at radius 3 is 2.44 bits per heavy atom. The molecule has 1 atom stereocenters. The van der Waals surface area contributed by atoms with Crippen LogP contribution in [0, 0.1) is 6.92 Å². The Morgan fingerprint density at radius 1 is 1.11 bits per heavy atom. The first kappa shape index (κ1) is 23.7. The maximum atomic E-state index is 14.0. The van der Waals surface area contributed by atoms with E-state index in [-0.39, 0.29) is 23.5 Å². The molecule has 0 spiro atoms. The van der Waals surface area contributed by atoms with Crippen molar-refractivity contribution in [1.82, 2.24) is 24.1 Å². The van der Waals surface area contributed by atoms with Gasteiger partial charge in [-0.15, -0.1) is 0 Å². The second-order valence-corrected chi connectivity index (χ2v) is 9.46. The van der Waals surface area contributed by atoms with Crippen LogP contribution >= 0.6 is 11.6 Å². The van der Waals surface area contributed by atoms with Gasteiger partial charge in [-0.25, -0.2) is 15.0 Å². The molecule has 0 fully saturated rings. The van der Waals surface area contributed by atoms with E-state index in [1.165, 1.54) is 11.7 Å². The van der Waals surface area contributed by atoms with Crippen LogP contribution in [0.2, 0.25) is 5.02 Å². The Kier molecular flexibility index (Phi) is 5.88. The van der Waals surface area contributed by atoms with Gasteiger partial charge in [0.15, 0.2) is 5.69 Å². The summed E-state index contributed by atoms with van der Waals surface area (Å²) in [4.78, 5) is 41.3. The zero-order valence-corrected chi connectivity index (χ0v) is 21.3. The van der Waals surface area contributed by atoms with Crippen LogP contribution in [-0.2, 0) is 7.05 Å². The number of halogens is 1. The summed E-state index contributed by atoms with van der Waals surface area (Å²) < 4.78 is 8.62. The number of hydrogen-bond acceptors (Lipinski definition) is 6. The van der Waals surface area contributed by atoms with E-state index >= 15 is 0 Å². The molecule has 0 bridgehead atoms. The Hall–Kier alpha value is -3.98. The fourth-order valence-corrected chi connectivity index (χ4v) is 4.92. The third-order valence-corrected chi connectivity index (χ3v) is 6.50. The lowest BCUT2D eigenvalue weighted by Gasteiger charge is -2.29. The molecule has 184 valence electrons. The summed E-state index contributed by atoms with van der Waals surface area (Å²) >= 11 is 6.38. The summed E-state index contributed by atoms with van der Waals surface area (Å²) in [6.07, 6.45) is 4.94. The Labute approximate surface area is 213 Å². The molecule has 36 heavy (non-hydrogen) atoms. The highest BCUT2D eigenvalue weighted by atomic mass is 35.5. The highest BCUT2D eigenvalue weighted by Crippen LogP contribution is 2.44. The molecule has 4 aromatic rings. The smallest absolute Gasteiger partial charge is 0.316 e. The molecule has 1 unspecified atom stereocenters. The van der Waals surface area contributed by atoms with Crippen molar-refractivity contribution in [1.29, 1.82) is 0 Å². The van der Waals surface area contributed by atoms with Crippen LogP contribution in [0.15, 0.2) is 53.7 Å². The quantitative estimate of drug-likeness (QED) is 0.401. The summed E-state index contributed by atoms with van der Waals surface area (Å²) in [6, 6.07) is 8.89. The van der Waals surface area contributed by atoms with E-state index < -0.39 is 6.04 Å². The standard InChI is InChI=1S/C26H25ClN6O3/c1-14(2)32-22-20(30-23(32)17-11-28-26(36-5)29-12-17)25(35)33(19-9-15(3)24(34)31(4)13-19)21(22)16-7-6-8-18(27)10-16/h6-14,21H,1-5H3. The number of fused-ring (bicyclic) bond motifs is 1. The number of ether oxygens (including phenoxy) is 1. The zero-order chi connectivity index (χ0) is 25.7. The number of rotatable bonds is 5. The Bertz CT molecular complexity index is 1510. The van der Waals surface area contributed by atoms with Gasteiger partial charge in [-0.3, -0.25) is 14.5 Å². The van der Waals surface area contributed by atoms with Crippen molar-refractivity contribution in [3.63, 3.8) is 0 Å². The van der Waals surface area contributed by atoms with E-state index in [0.29, 0.717) is 33.4 Å². The first-order valence-electron chi connectivity index (χ1n) is 11.5. The predicted molar refractivity (Wildman–Crippen MR) is 137 cm³/mol. The Balaban J connectivity index is 1.77. The third kappa shape index (κ3) is 3.76. The first-order chi connectivity index (χ1) is 17.2. The molecule has 0 saturated heterocycles. The van der Waals surface area contributed by atoms with Crippen LogP contribution < -0.4 is 15.2 Å². The number of aromatic nitrogens is 5. The lowest BCUT2D eigenvalue weighted by molar-refractivity contribution is 0.0989. The van der Waals surface area contributed by atoms with Crippen LogP contribution in [0.4, 0.5) is 5.69 Å². The second-order valence-electron chi connectivity index (χ2n) is 9.02. The van der Waals surface area contributed by atoms with Crippen molar-refractivity contribution in [3.8, 4) is 17.4 Å². The summed E-state index contributed by atoms with van der Waals surface area (Å²) in [7, 11) is 3.18. The van der Waals surface area contributed by atoms with Crippen LogP contribution in [0.1, 0.15) is 53.2 Å². The topological polar surface area (TPSA) is 95.1 Å². The fraction of sp³-hybridized carbons (Fsp3) is 0.269. The predicted octanol–water partition coefficient (Wildman–Crippen LogP) is 4.34. The number of nitrogens with zero attached hydrogens (tertiary/aromatic N) is 6. The lowest BCUT2D eigenvalue weighted by atomic mass is 10.0. The summed E-state index contributed by atoms with van der Waals surface area (Å²) in [5, 5.41) is 0.560. The normalized spacial score (nSPS) is 15.0. The molecule has 3 aromatic heterocycles. The van der Waals surface area contributed by atoms with Gasteiger partial charge < -0.3 is 13.9 Å². The molecule has 0 N–H and O–H groups in total. The van der Waals surface area contributed by atoms with Crippen molar-refractivity contribution < 1.29 is 9.53 Å². The molecule has 1 aromatic carbocycles. The van der Waals surface area contributed by atoms with Gasteiger partial charge in [-0.1, -0.05) is 23.7 Å². The van der Waals surface area contributed by atoms with E-state index in [4.69, 9.17) is 21.3 Å². The minimum absolute atomic E-state index is 0.0327. The van der Waals surface area contributed by atoms with Crippen LogP contribution in [0.25, 0.3) is 11.4 Å². The highest BCUT2D eigenvalue weighted by Gasteiger charge is 2.45. The minimum Gasteiger partial charge on any atom is -0.467 e. The van der Waals surface area contributed by atoms with E-state index in [1.54, 1.807) is 49.6 Å². The second kappa shape index (κ2) is 8.91. The van der Waals surface area contributed by atoms with Crippen molar-refractivity contribution in [2.75, 3.05) is 12.0 Å². The minimum atomic E-state index is -0.508. The maximum Gasteiger partial charge on any atom is 0.316 e. The fourth-order valence-electron chi connectivity index (χ4n) is 4.72. The molecular formula is C26H25ClN6O3. The number of benzene rings is 1. The summed E-state index contributed by atoms with van der Waals surface area (Å²) in [5.41, 5.74) is 3.61. The molecule has 9 nitrogen and oxygen atoms in total. The number of carbonyl (C=O) groups excluding carboxylic acids is 1. The number of anilines is 1. The van der Waals surface area contributed by atoms with Crippen LogP contribution in [0.5, 0.6) is 6.01 Å². The first-order valence-corrected chi connectivity index (χ1v) is 11.8. The maximum absolute atomic E-state index is 14.0. The number of aryl methyl sites for hydroxylation is 2. The number of carbonyl (C=O) groups is 1. The van der Waals surface area contributed by atoms with E-state index in [9.17, 15) is 9.59 Å². The van der Waals surface area contributed by atoms with Crippen LogP contribution in [-0.4, -0.2) is 37.1 Å². The monoisotopic (exact) mass is 504 g/mol.